The minimum absolute atomic E-state index is 0.212. The van der Waals surface area contributed by atoms with Gasteiger partial charge in [-0.15, -0.1) is 0 Å². The van der Waals surface area contributed by atoms with Gasteiger partial charge in [-0.1, -0.05) is 17.3 Å². The second kappa shape index (κ2) is 6.02. The first-order chi connectivity index (χ1) is 9.53. The van der Waals surface area contributed by atoms with E-state index >= 15 is 0 Å². The normalized spacial score (nSPS) is 11.5. The first-order valence-electron chi connectivity index (χ1n) is 6.08. The minimum Gasteiger partial charge on any atom is -0.383 e. The molecule has 0 saturated heterocycles. The van der Waals surface area contributed by atoms with Crippen LogP contribution in [0.2, 0.25) is 0 Å². The lowest BCUT2D eigenvalue weighted by Gasteiger charge is -2.11. The van der Waals surface area contributed by atoms with Crippen LogP contribution in [-0.2, 0) is 16.4 Å². The topological polar surface area (TPSA) is 97.1 Å². The van der Waals surface area contributed by atoms with E-state index in [1.54, 1.807) is 31.2 Å². The summed E-state index contributed by atoms with van der Waals surface area (Å²) in [6.45, 7) is 2.24. The molecule has 0 aliphatic heterocycles. The molecule has 8 heteroatoms. The van der Waals surface area contributed by atoms with Gasteiger partial charge in [-0.25, -0.2) is 13.1 Å². The highest BCUT2D eigenvalue weighted by Gasteiger charge is 2.15. The number of rotatable bonds is 6. The van der Waals surface area contributed by atoms with Crippen LogP contribution in [0.1, 0.15) is 11.7 Å². The summed E-state index contributed by atoms with van der Waals surface area (Å²) in [7, 11) is -2.10. The van der Waals surface area contributed by atoms with Gasteiger partial charge in [0.05, 0.1) is 5.69 Å². The second-order valence-corrected chi connectivity index (χ2v) is 5.97. The van der Waals surface area contributed by atoms with Crippen molar-refractivity contribution >= 4 is 15.7 Å². The van der Waals surface area contributed by atoms with Gasteiger partial charge in [-0.3, -0.25) is 0 Å². The van der Waals surface area contributed by atoms with Crippen molar-refractivity contribution in [1.29, 1.82) is 0 Å². The molecule has 0 saturated carbocycles. The number of sulfonamides is 1. The van der Waals surface area contributed by atoms with Crippen molar-refractivity contribution in [3.63, 3.8) is 0 Å². The summed E-state index contributed by atoms with van der Waals surface area (Å²) < 4.78 is 31.0. The average Bonchev–Trinajstić information content (AvgIpc) is 2.85. The number of hydrogen-bond donors (Lipinski definition) is 2. The first-order valence-corrected chi connectivity index (χ1v) is 7.57. The fourth-order valence-electron chi connectivity index (χ4n) is 1.70. The number of nitrogens with zero attached hydrogens (tertiary/aromatic N) is 2. The number of anilines is 1. The lowest BCUT2D eigenvalue weighted by atomic mass is 10.3. The van der Waals surface area contributed by atoms with Crippen LogP contribution in [0.3, 0.4) is 0 Å². The standard InChI is InChI=1S/C12H16N4O3S/c1-9-15-12(19-16-9)7-8-14-10-5-3-4-6-11(10)20(17,18)13-2/h3-6,13-14H,7-8H2,1-2H3. The van der Waals surface area contributed by atoms with Gasteiger partial charge in [0.1, 0.15) is 4.90 Å². The van der Waals surface area contributed by atoms with E-state index in [9.17, 15) is 8.42 Å². The molecule has 2 aromatic rings. The fourth-order valence-corrected chi connectivity index (χ4v) is 2.61. The zero-order valence-corrected chi connectivity index (χ0v) is 12.1. The SMILES string of the molecule is CNS(=O)(=O)c1ccccc1NCCc1nc(C)no1. The highest BCUT2D eigenvalue weighted by atomic mass is 32.2. The Balaban J connectivity index is 2.06. The number of nitrogens with one attached hydrogen (secondary N) is 2. The molecule has 1 aromatic heterocycles. The Morgan fingerprint density at radius 3 is 2.70 bits per heavy atom. The molecule has 0 atom stereocenters. The Kier molecular flexibility index (Phi) is 4.35. The number of hydrogen-bond acceptors (Lipinski definition) is 6. The molecule has 0 amide bonds. The van der Waals surface area contributed by atoms with Crippen molar-refractivity contribution in [3.8, 4) is 0 Å². The maximum Gasteiger partial charge on any atom is 0.242 e. The Morgan fingerprint density at radius 2 is 2.05 bits per heavy atom. The molecule has 0 aliphatic carbocycles. The number of benzene rings is 1. The van der Waals surface area contributed by atoms with Gasteiger partial charge in [0, 0.05) is 13.0 Å². The summed E-state index contributed by atoms with van der Waals surface area (Å²) in [6.07, 6.45) is 0.523. The zero-order valence-electron chi connectivity index (χ0n) is 11.3. The molecule has 0 unspecified atom stereocenters. The average molecular weight is 296 g/mol. The van der Waals surface area contributed by atoms with Crippen LogP contribution in [0.25, 0.3) is 0 Å². The van der Waals surface area contributed by atoms with Crippen LogP contribution >= 0.6 is 0 Å². The van der Waals surface area contributed by atoms with E-state index in [0.29, 0.717) is 30.4 Å². The highest BCUT2D eigenvalue weighted by molar-refractivity contribution is 7.89. The molecule has 7 nitrogen and oxygen atoms in total. The predicted molar refractivity (Wildman–Crippen MR) is 73.9 cm³/mol. The van der Waals surface area contributed by atoms with Gasteiger partial charge in [0.15, 0.2) is 5.82 Å². The molecule has 0 spiro atoms. The van der Waals surface area contributed by atoms with Crippen molar-refractivity contribution in [2.75, 3.05) is 18.9 Å². The van der Waals surface area contributed by atoms with Gasteiger partial charge in [0.2, 0.25) is 15.9 Å². The molecular weight excluding hydrogens is 280 g/mol. The lowest BCUT2D eigenvalue weighted by molar-refractivity contribution is 0.377. The minimum atomic E-state index is -3.48. The summed E-state index contributed by atoms with van der Waals surface area (Å²) >= 11 is 0. The summed E-state index contributed by atoms with van der Waals surface area (Å²) in [5.41, 5.74) is 0.540. The molecule has 108 valence electrons. The van der Waals surface area contributed by atoms with Crippen LogP contribution in [0.5, 0.6) is 0 Å². The first kappa shape index (κ1) is 14.5. The van der Waals surface area contributed by atoms with Gasteiger partial charge in [-0.2, -0.15) is 4.98 Å². The molecule has 0 fully saturated rings. The van der Waals surface area contributed by atoms with E-state index < -0.39 is 10.0 Å². The van der Waals surface area contributed by atoms with Crippen molar-refractivity contribution in [3.05, 3.63) is 36.0 Å². The van der Waals surface area contributed by atoms with Crippen molar-refractivity contribution in [1.82, 2.24) is 14.9 Å². The smallest absolute Gasteiger partial charge is 0.242 e. The number of aryl methyl sites for hydroxylation is 1. The molecule has 2 rings (SSSR count). The summed E-state index contributed by atoms with van der Waals surface area (Å²) in [5, 5.41) is 6.76. The van der Waals surface area contributed by atoms with Crippen LogP contribution in [-0.4, -0.2) is 32.2 Å². The molecule has 1 heterocycles. The van der Waals surface area contributed by atoms with Gasteiger partial charge in [-0.05, 0) is 26.1 Å². The maximum atomic E-state index is 11.9. The Labute approximate surface area is 117 Å². The van der Waals surface area contributed by atoms with Gasteiger partial charge < -0.3 is 9.84 Å². The Hall–Kier alpha value is -1.93. The van der Waals surface area contributed by atoms with E-state index in [1.807, 2.05) is 0 Å². The predicted octanol–water partition coefficient (Wildman–Crippen LogP) is 0.941. The van der Waals surface area contributed by atoms with Crippen molar-refractivity contribution in [2.24, 2.45) is 0 Å². The molecule has 0 bridgehead atoms. The maximum absolute atomic E-state index is 11.9. The number of aromatic nitrogens is 2. The molecule has 0 radical (unpaired) electrons. The van der Waals surface area contributed by atoms with E-state index in [2.05, 4.69) is 20.2 Å². The van der Waals surface area contributed by atoms with Crippen LogP contribution < -0.4 is 10.0 Å². The van der Waals surface area contributed by atoms with Crippen molar-refractivity contribution in [2.45, 2.75) is 18.2 Å². The Bertz CT molecular complexity index is 682. The van der Waals surface area contributed by atoms with Gasteiger partial charge >= 0.3 is 0 Å². The Morgan fingerprint density at radius 1 is 1.30 bits per heavy atom. The highest BCUT2D eigenvalue weighted by Crippen LogP contribution is 2.20. The summed E-state index contributed by atoms with van der Waals surface area (Å²) in [4.78, 5) is 4.29. The largest absolute Gasteiger partial charge is 0.383 e. The van der Waals surface area contributed by atoms with Crippen molar-refractivity contribution < 1.29 is 12.9 Å². The third kappa shape index (κ3) is 3.34. The molecule has 2 N–H and O–H groups in total. The zero-order chi connectivity index (χ0) is 14.6. The summed E-state index contributed by atoms with van der Waals surface area (Å²) in [5.74, 6) is 1.10. The fraction of sp³-hybridized carbons (Fsp3) is 0.333. The van der Waals surface area contributed by atoms with E-state index in [-0.39, 0.29) is 4.90 Å². The third-order valence-corrected chi connectivity index (χ3v) is 4.14. The van der Waals surface area contributed by atoms with E-state index in [0.717, 1.165) is 0 Å². The lowest BCUT2D eigenvalue weighted by Crippen LogP contribution is -2.20. The third-order valence-electron chi connectivity index (χ3n) is 2.67. The quantitative estimate of drug-likeness (QED) is 0.823. The van der Waals surface area contributed by atoms with E-state index in [4.69, 9.17) is 4.52 Å². The molecule has 1 aromatic carbocycles. The van der Waals surface area contributed by atoms with Crippen LogP contribution in [0.15, 0.2) is 33.7 Å². The molecule has 0 aliphatic rings. The van der Waals surface area contributed by atoms with Gasteiger partial charge in [0.25, 0.3) is 0 Å². The number of para-hydroxylation sites is 1. The molecule has 20 heavy (non-hydrogen) atoms. The van der Waals surface area contributed by atoms with E-state index in [1.165, 1.54) is 7.05 Å². The summed E-state index contributed by atoms with van der Waals surface area (Å²) in [6, 6.07) is 6.71. The van der Waals surface area contributed by atoms with Crippen LogP contribution in [0.4, 0.5) is 5.69 Å². The monoisotopic (exact) mass is 296 g/mol. The second-order valence-electron chi connectivity index (χ2n) is 4.12. The van der Waals surface area contributed by atoms with Crippen LogP contribution in [0, 0.1) is 6.92 Å². The molecular formula is C12H16N4O3S.